The maximum atomic E-state index is 12.0. The topological polar surface area (TPSA) is 60.4 Å². The molecule has 124 valence electrons. The van der Waals surface area contributed by atoms with Crippen molar-refractivity contribution in [2.45, 2.75) is 78.7 Å². The second-order valence-electron chi connectivity index (χ2n) is 7.81. The summed E-state index contributed by atoms with van der Waals surface area (Å²) in [5.74, 6) is -0.298. The van der Waals surface area contributed by atoms with Gasteiger partial charge < -0.3 is 4.74 Å². The van der Waals surface area contributed by atoms with E-state index >= 15 is 0 Å². The Balaban J connectivity index is 2.36. The van der Waals surface area contributed by atoms with Crippen LogP contribution in [-0.2, 0) is 19.1 Å². The third-order valence-electron chi connectivity index (χ3n) is 3.48. The number of ketones is 2. The lowest BCUT2D eigenvalue weighted by molar-refractivity contribution is -0.155. The average Bonchev–Trinajstić information content (AvgIpc) is 2.27. The van der Waals surface area contributed by atoms with Crippen molar-refractivity contribution in [1.82, 2.24) is 0 Å². The van der Waals surface area contributed by atoms with Crippen LogP contribution in [0.25, 0.3) is 0 Å². The Morgan fingerprint density at radius 3 is 2.18 bits per heavy atom. The highest BCUT2D eigenvalue weighted by Crippen LogP contribution is 2.33. The van der Waals surface area contributed by atoms with Gasteiger partial charge in [0.05, 0.1) is 5.57 Å². The Labute approximate surface area is 133 Å². The molecule has 4 nitrogen and oxygen atoms in total. The second kappa shape index (κ2) is 7.21. The minimum atomic E-state index is -0.452. The lowest BCUT2D eigenvalue weighted by atomic mass is 9.74. The molecule has 0 saturated heterocycles. The molecule has 0 atom stereocenters. The quantitative estimate of drug-likeness (QED) is 0.336. The van der Waals surface area contributed by atoms with Crippen molar-refractivity contribution in [2.24, 2.45) is 5.41 Å². The van der Waals surface area contributed by atoms with Gasteiger partial charge >= 0.3 is 5.97 Å². The molecule has 0 aromatic heterocycles. The molecule has 1 aliphatic carbocycles. The predicted octanol–water partition coefficient (Wildman–Crippen LogP) is 3.77. The van der Waals surface area contributed by atoms with Crippen LogP contribution in [0.15, 0.2) is 11.6 Å². The number of allylic oxidation sites excluding steroid dienone is 2. The van der Waals surface area contributed by atoms with Gasteiger partial charge in [0, 0.05) is 19.3 Å². The monoisotopic (exact) mass is 308 g/mol. The number of esters is 1. The van der Waals surface area contributed by atoms with E-state index in [-0.39, 0.29) is 23.0 Å². The Kier molecular flexibility index (Phi) is 6.09. The standard InChI is InChI=1S/C18H28O4/c1-17(2,3)22-16(21)10-8-6-7-9-13-14(19)11-18(4,5)12-15(13)20/h9H,6-8,10-12H2,1-5H3. The average molecular weight is 308 g/mol. The van der Waals surface area contributed by atoms with Crippen LogP contribution >= 0.6 is 0 Å². The van der Waals surface area contributed by atoms with Crippen LogP contribution < -0.4 is 0 Å². The van der Waals surface area contributed by atoms with E-state index in [2.05, 4.69) is 0 Å². The Bertz CT molecular complexity index is 456. The first kappa shape index (κ1) is 18.6. The number of Topliss-reactive ketones (excluding diaryl/α,β-unsaturated/α-hetero) is 2. The fourth-order valence-electron chi connectivity index (χ4n) is 2.56. The van der Waals surface area contributed by atoms with Gasteiger partial charge in [0.15, 0.2) is 11.6 Å². The summed E-state index contributed by atoms with van der Waals surface area (Å²) in [7, 11) is 0. The van der Waals surface area contributed by atoms with Gasteiger partial charge in [-0.15, -0.1) is 0 Å². The maximum Gasteiger partial charge on any atom is 0.306 e. The molecule has 0 spiro atoms. The third-order valence-corrected chi connectivity index (χ3v) is 3.48. The van der Waals surface area contributed by atoms with E-state index in [9.17, 15) is 14.4 Å². The number of carbonyl (C=O) groups is 3. The SMILES string of the molecule is CC1(C)CC(=O)C(=CCCCCC(=O)OC(C)(C)C)C(=O)C1. The predicted molar refractivity (Wildman–Crippen MR) is 85.4 cm³/mol. The number of ether oxygens (including phenoxy) is 1. The smallest absolute Gasteiger partial charge is 0.306 e. The highest BCUT2D eigenvalue weighted by atomic mass is 16.6. The van der Waals surface area contributed by atoms with E-state index in [4.69, 9.17) is 4.74 Å². The summed E-state index contributed by atoms with van der Waals surface area (Å²) in [6, 6.07) is 0. The summed E-state index contributed by atoms with van der Waals surface area (Å²) in [5, 5.41) is 0. The zero-order chi connectivity index (χ0) is 17.0. The first-order valence-electron chi connectivity index (χ1n) is 7.99. The lowest BCUT2D eigenvalue weighted by Crippen LogP contribution is -2.31. The van der Waals surface area contributed by atoms with E-state index in [1.807, 2.05) is 34.6 Å². The highest BCUT2D eigenvalue weighted by Gasteiger charge is 2.35. The molecule has 0 bridgehead atoms. The molecule has 1 fully saturated rings. The zero-order valence-corrected chi connectivity index (χ0v) is 14.5. The molecular weight excluding hydrogens is 280 g/mol. The summed E-state index contributed by atoms with van der Waals surface area (Å²) in [6.45, 7) is 9.42. The van der Waals surface area contributed by atoms with Crippen LogP contribution in [0.3, 0.4) is 0 Å². The summed E-state index contributed by atoms with van der Waals surface area (Å²) in [6.07, 6.45) is 5.10. The zero-order valence-electron chi connectivity index (χ0n) is 14.5. The van der Waals surface area contributed by atoms with Crippen molar-refractivity contribution >= 4 is 17.5 Å². The van der Waals surface area contributed by atoms with Crippen molar-refractivity contribution in [3.63, 3.8) is 0 Å². The summed E-state index contributed by atoms with van der Waals surface area (Å²) < 4.78 is 5.23. The van der Waals surface area contributed by atoms with Gasteiger partial charge in [0.25, 0.3) is 0 Å². The lowest BCUT2D eigenvalue weighted by Gasteiger charge is -2.28. The van der Waals surface area contributed by atoms with Gasteiger partial charge in [0.1, 0.15) is 5.60 Å². The minimum Gasteiger partial charge on any atom is -0.460 e. The number of hydrogen-bond donors (Lipinski definition) is 0. The van der Waals surface area contributed by atoms with E-state index in [1.165, 1.54) is 0 Å². The van der Waals surface area contributed by atoms with Crippen LogP contribution in [0.2, 0.25) is 0 Å². The molecule has 1 saturated carbocycles. The Morgan fingerprint density at radius 2 is 1.68 bits per heavy atom. The van der Waals surface area contributed by atoms with E-state index in [1.54, 1.807) is 6.08 Å². The molecule has 0 amide bonds. The van der Waals surface area contributed by atoms with Gasteiger partial charge in [-0.25, -0.2) is 0 Å². The number of carbonyl (C=O) groups excluding carboxylic acids is 3. The van der Waals surface area contributed by atoms with Crippen molar-refractivity contribution in [3.05, 3.63) is 11.6 Å². The first-order chi connectivity index (χ1) is 10.0. The molecule has 0 heterocycles. The maximum absolute atomic E-state index is 12.0. The molecule has 1 rings (SSSR count). The molecule has 0 radical (unpaired) electrons. The van der Waals surface area contributed by atoms with Gasteiger partial charge in [0.2, 0.25) is 0 Å². The molecule has 4 heteroatoms. The second-order valence-corrected chi connectivity index (χ2v) is 7.81. The number of rotatable bonds is 5. The third kappa shape index (κ3) is 6.54. The fraction of sp³-hybridized carbons (Fsp3) is 0.722. The molecule has 1 aliphatic rings. The van der Waals surface area contributed by atoms with Crippen LogP contribution in [-0.4, -0.2) is 23.1 Å². The van der Waals surface area contributed by atoms with E-state index in [0.29, 0.717) is 37.7 Å². The van der Waals surface area contributed by atoms with Crippen molar-refractivity contribution < 1.29 is 19.1 Å². The van der Waals surface area contributed by atoms with Crippen LogP contribution in [0.5, 0.6) is 0 Å². The van der Waals surface area contributed by atoms with Gasteiger partial charge in [-0.2, -0.15) is 0 Å². The molecule has 22 heavy (non-hydrogen) atoms. The first-order valence-corrected chi connectivity index (χ1v) is 7.99. The minimum absolute atomic E-state index is 0.0478. The van der Waals surface area contributed by atoms with Gasteiger partial charge in [-0.3, -0.25) is 14.4 Å². The van der Waals surface area contributed by atoms with Crippen molar-refractivity contribution in [1.29, 1.82) is 0 Å². The summed E-state index contributed by atoms with van der Waals surface area (Å²) >= 11 is 0. The molecule has 0 N–H and O–H groups in total. The van der Waals surface area contributed by atoms with Crippen molar-refractivity contribution in [3.8, 4) is 0 Å². The normalized spacial score (nSPS) is 18.3. The number of unbranched alkanes of at least 4 members (excludes halogenated alkanes) is 2. The van der Waals surface area contributed by atoms with E-state index < -0.39 is 5.60 Å². The van der Waals surface area contributed by atoms with Crippen LogP contribution in [0, 0.1) is 5.41 Å². The van der Waals surface area contributed by atoms with Gasteiger partial charge in [-0.1, -0.05) is 19.9 Å². The Morgan fingerprint density at radius 1 is 1.14 bits per heavy atom. The van der Waals surface area contributed by atoms with Crippen molar-refractivity contribution in [2.75, 3.05) is 0 Å². The fourth-order valence-corrected chi connectivity index (χ4v) is 2.56. The molecule has 0 unspecified atom stereocenters. The summed E-state index contributed by atoms with van der Waals surface area (Å²) in [5.41, 5.74) is -0.314. The summed E-state index contributed by atoms with van der Waals surface area (Å²) in [4.78, 5) is 35.5. The number of hydrogen-bond acceptors (Lipinski definition) is 4. The Hall–Kier alpha value is -1.45. The van der Waals surface area contributed by atoms with E-state index in [0.717, 1.165) is 6.42 Å². The van der Waals surface area contributed by atoms with Gasteiger partial charge in [-0.05, 0) is 45.4 Å². The van der Waals surface area contributed by atoms with Crippen LogP contribution in [0.4, 0.5) is 0 Å². The molecule has 0 aliphatic heterocycles. The highest BCUT2D eigenvalue weighted by molar-refractivity contribution is 6.22. The molecule has 0 aromatic carbocycles. The largest absolute Gasteiger partial charge is 0.460 e. The molecular formula is C18H28O4. The van der Waals surface area contributed by atoms with Crippen LogP contribution in [0.1, 0.15) is 73.1 Å². The molecule has 0 aromatic rings.